The average Bonchev–Trinajstić information content (AvgIpc) is 3.56. The first-order valence-corrected chi connectivity index (χ1v) is 16.6. The first-order chi connectivity index (χ1) is 22.1. The predicted molar refractivity (Wildman–Crippen MR) is 176 cm³/mol. The average molecular weight is 668 g/mol. The Morgan fingerprint density at radius 2 is 2.00 bits per heavy atom. The molecule has 0 radical (unpaired) electrons. The highest BCUT2D eigenvalue weighted by Gasteiger charge is 2.38. The van der Waals surface area contributed by atoms with Crippen LogP contribution in [0.3, 0.4) is 0 Å². The van der Waals surface area contributed by atoms with Crippen molar-refractivity contribution in [3.05, 3.63) is 52.3 Å². The van der Waals surface area contributed by atoms with E-state index in [4.69, 9.17) is 27.1 Å². The van der Waals surface area contributed by atoms with Crippen molar-refractivity contribution in [3.63, 3.8) is 0 Å². The lowest BCUT2D eigenvalue weighted by Crippen LogP contribution is -2.51. The number of benzene rings is 2. The molecule has 240 valence electrons. The van der Waals surface area contributed by atoms with Crippen molar-refractivity contribution in [3.8, 4) is 23.2 Å². The van der Waals surface area contributed by atoms with E-state index in [2.05, 4.69) is 27.0 Å². The van der Waals surface area contributed by atoms with Crippen LogP contribution in [-0.2, 0) is 0 Å². The number of anilines is 2. The Bertz CT molecular complexity index is 1930. The van der Waals surface area contributed by atoms with E-state index in [1.54, 1.807) is 6.07 Å². The zero-order chi connectivity index (χ0) is 32.3. The highest BCUT2D eigenvalue weighted by Crippen LogP contribution is 2.46. The fourth-order valence-corrected chi connectivity index (χ4v) is 8.49. The van der Waals surface area contributed by atoms with E-state index in [1.165, 1.54) is 12.1 Å². The molecule has 0 aliphatic carbocycles. The molecule has 2 bridgehead atoms. The molecule has 7 rings (SSSR count). The number of fused-ring (bicyclic) bond motifs is 4. The molecule has 0 unspecified atom stereocenters. The minimum absolute atomic E-state index is 0.0474. The third-order valence-corrected chi connectivity index (χ3v) is 11.0. The predicted octanol–water partition coefficient (Wildman–Crippen LogP) is 6.80. The summed E-state index contributed by atoms with van der Waals surface area (Å²) in [4.78, 5) is 13.6. The summed E-state index contributed by atoms with van der Waals surface area (Å²) in [6.45, 7) is 7.53. The maximum absolute atomic E-state index is 16.9. The number of halogens is 4. The molecule has 3 atom stereocenters. The summed E-state index contributed by atoms with van der Waals surface area (Å²) >= 11 is 7.92. The monoisotopic (exact) mass is 667 g/mol. The van der Waals surface area contributed by atoms with Gasteiger partial charge < -0.3 is 25.6 Å². The number of nitrogen functional groups attached to an aromatic ring is 1. The van der Waals surface area contributed by atoms with E-state index in [0.717, 1.165) is 37.3 Å². The molecular formula is C33H33ClF3N7OS. The van der Waals surface area contributed by atoms with Crippen LogP contribution in [0.25, 0.3) is 32.1 Å². The van der Waals surface area contributed by atoms with Crippen LogP contribution < -0.4 is 20.7 Å². The molecule has 0 spiro atoms. The smallest absolute Gasteiger partial charge is 0.319 e. The van der Waals surface area contributed by atoms with E-state index >= 15 is 8.78 Å². The summed E-state index contributed by atoms with van der Waals surface area (Å²) in [5.74, 6) is -1.14. The van der Waals surface area contributed by atoms with E-state index in [-0.39, 0.29) is 62.3 Å². The fraction of sp³-hybridized carbons (Fsp3) is 0.424. The Morgan fingerprint density at radius 3 is 2.70 bits per heavy atom. The van der Waals surface area contributed by atoms with Gasteiger partial charge in [-0.25, -0.2) is 13.2 Å². The Hall–Kier alpha value is -3.63. The lowest BCUT2D eigenvalue weighted by Gasteiger charge is -2.41. The number of thiophene rings is 1. The van der Waals surface area contributed by atoms with Gasteiger partial charge in [0.2, 0.25) is 0 Å². The van der Waals surface area contributed by atoms with Gasteiger partial charge in [0.05, 0.1) is 16.9 Å². The first kappa shape index (κ1) is 31.0. The highest BCUT2D eigenvalue weighted by atomic mass is 35.5. The second-order valence-electron chi connectivity index (χ2n) is 12.7. The molecule has 3 N–H and O–H groups in total. The molecule has 46 heavy (non-hydrogen) atoms. The Balaban J connectivity index is 1.39. The van der Waals surface area contributed by atoms with Crippen molar-refractivity contribution in [2.45, 2.75) is 45.2 Å². The standard InChI is InChI=1S/C33H33ClF3N7OS/c1-3-43-9-8-17(11-35)33(2,15-43)16-45-32-41-29-20(31(42-32)44-13-18-4-5-19(14-44)40-18)10-22(34)26(28(29)37)27-23(36)6-7-24-25(27)21(12-38)30(39)46-24/h6-7,10-11,18-19,40H,3-5,8-9,13-16,39H2,1-2H3/b17-11+/t18-,19+,33-/m0/s1. The number of hydrogen-bond donors (Lipinski definition) is 2. The molecule has 3 saturated heterocycles. The van der Waals surface area contributed by atoms with Gasteiger partial charge >= 0.3 is 6.01 Å². The minimum Gasteiger partial charge on any atom is -0.462 e. The normalized spacial score (nSPS) is 24.3. The van der Waals surface area contributed by atoms with Gasteiger partial charge in [-0.2, -0.15) is 15.2 Å². The molecule has 3 aliphatic rings. The number of piperidine rings is 1. The number of likely N-dealkylation sites (tertiary alicyclic amines) is 1. The number of nitriles is 1. The summed E-state index contributed by atoms with van der Waals surface area (Å²) < 4.78 is 53.4. The number of ether oxygens (including phenoxy) is 1. The van der Waals surface area contributed by atoms with Gasteiger partial charge in [-0.05, 0) is 49.6 Å². The van der Waals surface area contributed by atoms with Crippen LogP contribution in [0, 0.1) is 28.4 Å². The second-order valence-corrected chi connectivity index (χ2v) is 14.2. The zero-order valence-corrected chi connectivity index (χ0v) is 27.0. The number of nitrogens with two attached hydrogens (primary N) is 1. The SMILES string of the molecule is CCN1CC/C(=C\F)[C@](C)(COc2nc(N3C[C@H]4CC[C@@H](C3)N4)c3cc(Cl)c(-c4c(F)ccc5sc(N)c(C#N)c45)c(F)c3n2)C1. The molecule has 13 heteroatoms. The number of hydrogen-bond acceptors (Lipinski definition) is 9. The molecule has 2 aromatic heterocycles. The van der Waals surface area contributed by atoms with Crippen molar-refractivity contribution in [1.29, 1.82) is 5.26 Å². The number of aromatic nitrogens is 2. The van der Waals surface area contributed by atoms with Crippen LogP contribution in [0.4, 0.5) is 24.0 Å². The first-order valence-electron chi connectivity index (χ1n) is 15.4. The molecule has 0 saturated carbocycles. The van der Waals surface area contributed by atoms with Gasteiger partial charge in [0, 0.05) is 70.3 Å². The second kappa shape index (κ2) is 11.9. The Morgan fingerprint density at radius 1 is 1.24 bits per heavy atom. The zero-order valence-electron chi connectivity index (χ0n) is 25.5. The van der Waals surface area contributed by atoms with E-state index < -0.39 is 17.0 Å². The number of nitrogens with zero attached hydrogens (tertiary/aromatic N) is 5. The van der Waals surface area contributed by atoms with Crippen molar-refractivity contribution < 1.29 is 17.9 Å². The van der Waals surface area contributed by atoms with E-state index in [0.29, 0.717) is 53.9 Å². The largest absolute Gasteiger partial charge is 0.462 e. The molecule has 0 amide bonds. The van der Waals surface area contributed by atoms with Crippen molar-refractivity contribution >= 4 is 54.7 Å². The van der Waals surface area contributed by atoms with Crippen LogP contribution in [0.2, 0.25) is 5.02 Å². The number of piperazine rings is 1. The van der Waals surface area contributed by atoms with Gasteiger partial charge in [-0.3, -0.25) is 0 Å². The lowest BCUT2D eigenvalue weighted by molar-refractivity contribution is 0.0977. The molecule has 4 aromatic rings. The maximum atomic E-state index is 16.9. The summed E-state index contributed by atoms with van der Waals surface area (Å²) in [5.41, 5.74) is 5.69. The van der Waals surface area contributed by atoms with Crippen LogP contribution in [0.5, 0.6) is 6.01 Å². The minimum atomic E-state index is -0.862. The maximum Gasteiger partial charge on any atom is 0.319 e. The molecular weight excluding hydrogens is 635 g/mol. The van der Waals surface area contributed by atoms with Gasteiger partial charge in [0.1, 0.15) is 34.8 Å². The van der Waals surface area contributed by atoms with Crippen LogP contribution >= 0.6 is 22.9 Å². The lowest BCUT2D eigenvalue weighted by atomic mass is 9.78. The summed E-state index contributed by atoms with van der Waals surface area (Å²) in [6, 6.07) is 6.77. The van der Waals surface area contributed by atoms with Crippen LogP contribution in [0.1, 0.15) is 38.7 Å². The van der Waals surface area contributed by atoms with Gasteiger partial charge in [0.25, 0.3) is 0 Å². The van der Waals surface area contributed by atoms with E-state index in [1.807, 2.05) is 13.0 Å². The Kier molecular flexibility index (Phi) is 8.00. The summed E-state index contributed by atoms with van der Waals surface area (Å²) in [7, 11) is 0. The van der Waals surface area contributed by atoms with Gasteiger partial charge in [-0.1, -0.05) is 25.4 Å². The molecule has 5 heterocycles. The number of nitrogens with one attached hydrogen (secondary N) is 1. The van der Waals surface area contributed by atoms with Crippen molar-refractivity contribution in [2.24, 2.45) is 5.41 Å². The fourth-order valence-electron chi connectivity index (χ4n) is 7.28. The quantitative estimate of drug-likeness (QED) is 0.231. The molecule has 8 nitrogen and oxygen atoms in total. The third-order valence-electron chi connectivity index (χ3n) is 9.70. The van der Waals surface area contributed by atoms with Crippen molar-refractivity contribution in [2.75, 3.05) is 50.0 Å². The van der Waals surface area contributed by atoms with Gasteiger partial charge in [0.15, 0.2) is 5.82 Å². The highest BCUT2D eigenvalue weighted by molar-refractivity contribution is 7.23. The Labute approximate surface area is 273 Å². The summed E-state index contributed by atoms with van der Waals surface area (Å²) in [6.07, 6.45) is 3.27. The topological polar surface area (TPSA) is 103 Å². The molecule has 3 aliphatic heterocycles. The van der Waals surface area contributed by atoms with Crippen molar-refractivity contribution in [1.82, 2.24) is 20.2 Å². The van der Waals surface area contributed by atoms with E-state index in [9.17, 15) is 9.65 Å². The molecule has 3 fully saturated rings. The van der Waals surface area contributed by atoms with Crippen LogP contribution in [-0.4, -0.2) is 66.3 Å². The van der Waals surface area contributed by atoms with Gasteiger partial charge in [-0.15, -0.1) is 11.3 Å². The third kappa shape index (κ3) is 5.14. The molecule has 2 aromatic carbocycles. The summed E-state index contributed by atoms with van der Waals surface area (Å²) in [5, 5.41) is 14.2. The van der Waals surface area contributed by atoms with Crippen LogP contribution in [0.15, 0.2) is 30.1 Å². The number of rotatable bonds is 6.